The van der Waals surface area contributed by atoms with E-state index in [1.54, 1.807) is 0 Å². The molecule has 0 bridgehead atoms. The molecule has 14 heavy (non-hydrogen) atoms. The van der Waals surface area contributed by atoms with Crippen molar-refractivity contribution in [1.29, 1.82) is 0 Å². The lowest BCUT2D eigenvalue weighted by Gasteiger charge is -2.34. The van der Waals surface area contributed by atoms with Crippen molar-refractivity contribution < 1.29 is 0 Å². The van der Waals surface area contributed by atoms with Crippen molar-refractivity contribution in [3.05, 3.63) is 4.91 Å². The van der Waals surface area contributed by atoms with E-state index in [-0.39, 0.29) is 12.1 Å². The first-order chi connectivity index (χ1) is 6.77. The monoisotopic (exact) mass is 197 g/mol. The Bertz CT molecular complexity index is 191. The molecule has 0 aromatic rings. The third-order valence-electron chi connectivity index (χ3n) is 3.73. The van der Waals surface area contributed by atoms with E-state index in [0.717, 1.165) is 25.9 Å². The zero-order valence-electron chi connectivity index (χ0n) is 8.75. The van der Waals surface area contributed by atoms with Gasteiger partial charge in [-0.2, -0.15) is 4.91 Å². The van der Waals surface area contributed by atoms with Crippen LogP contribution in [0.2, 0.25) is 0 Å². The van der Waals surface area contributed by atoms with Gasteiger partial charge in [-0.25, -0.2) is 0 Å². The van der Waals surface area contributed by atoms with Gasteiger partial charge in [0.05, 0.1) is 0 Å². The first kappa shape index (κ1) is 10.1. The van der Waals surface area contributed by atoms with Crippen molar-refractivity contribution in [2.75, 3.05) is 13.1 Å². The Hall–Kier alpha value is -0.480. The molecule has 80 valence electrons. The summed E-state index contributed by atoms with van der Waals surface area (Å²) < 4.78 is 0. The molecule has 2 saturated heterocycles. The SMILES string of the molecule is CC(N=O)(C1CCCN1)C1CCCN1. The van der Waals surface area contributed by atoms with Crippen LogP contribution in [0.5, 0.6) is 0 Å². The van der Waals surface area contributed by atoms with Gasteiger partial charge in [-0.1, -0.05) is 5.18 Å². The van der Waals surface area contributed by atoms with Crippen LogP contribution in [0.3, 0.4) is 0 Å². The molecule has 2 atom stereocenters. The Balaban J connectivity index is 2.09. The van der Waals surface area contributed by atoms with Crippen molar-refractivity contribution in [3.8, 4) is 0 Å². The molecule has 2 rings (SSSR count). The second kappa shape index (κ2) is 3.95. The average molecular weight is 197 g/mol. The predicted molar refractivity (Wildman–Crippen MR) is 56.2 cm³/mol. The van der Waals surface area contributed by atoms with E-state index in [2.05, 4.69) is 15.8 Å². The van der Waals surface area contributed by atoms with Gasteiger partial charge in [0, 0.05) is 12.1 Å². The molecule has 0 spiro atoms. The van der Waals surface area contributed by atoms with E-state index in [9.17, 15) is 4.91 Å². The normalized spacial score (nSPS) is 36.9. The summed E-state index contributed by atoms with van der Waals surface area (Å²) in [5.41, 5.74) is -0.451. The maximum absolute atomic E-state index is 11.1. The van der Waals surface area contributed by atoms with Crippen LogP contribution < -0.4 is 10.6 Å². The highest BCUT2D eigenvalue weighted by molar-refractivity contribution is 5.06. The van der Waals surface area contributed by atoms with Crippen molar-refractivity contribution in [2.45, 2.75) is 50.2 Å². The number of nitroso groups, excluding NO2 is 1. The van der Waals surface area contributed by atoms with Crippen LogP contribution >= 0.6 is 0 Å². The molecule has 0 saturated carbocycles. The summed E-state index contributed by atoms with van der Waals surface area (Å²) in [6, 6.07) is 0.547. The summed E-state index contributed by atoms with van der Waals surface area (Å²) in [5, 5.41) is 10.2. The molecule has 4 nitrogen and oxygen atoms in total. The molecule has 0 radical (unpaired) electrons. The molecule has 2 aliphatic rings. The van der Waals surface area contributed by atoms with E-state index >= 15 is 0 Å². The lowest BCUT2D eigenvalue weighted by atomic mass is 9.83. The molecule has 0 amide bonds. The number of hydrogen-bond donors (Lipinski definition) is 2. The summed E-state index contributed by atoms with van der Waals surface area (Å²) in [4.78, 5) is 11.1. The third-order valence-corrected chi connectivity index (χ3v) is 3.73. The average Bonchev–Trinajstić information content (AvgIpc) is 2.88. The smallest absolute Gasteiger partial charge is 0.130 e. The summed E-state index contributed by atoms with van der Waals surface area (Å²) >= 11 is 0. The maximum Gasteiger partial charge on any atom is 0.130 e. The Kier molecular flexibility index (Phi) is 2.83. The van der Waals surface area contributed by atoms with Crippen molar-refractivity contribution >= 4 is 0 Å². The Morgan fingerprint density at radius 1 is 1.14 bits per heavy atom. The Labute approximate surface area is 84.8 Å². The summed E-state index contributed by atoms with van der Waals surface area (Å²) in [7, 11) is 0. The number of nitrogens with one attached hydrogen (secondary N) is 2. The lowest BCUT2D eigenvalue weighted by Crippen LogP contribution is -2.55. The van der Waals surface area contributed by atoms with E-state index in [0.29, 0.717) is 0 Å². The third kappa shape index (κ3) is 1.57. The van der Waals surface area contributed by atoms with Gasteiger partial charge in [0.1, 0.15) is 5.54 Å². The standard InChI is InChI=1S/C10H19N3O/c1-10(13-14,8-4-2-6-11-8)9-5-3-7-12-9/h8-9,11-12H,2-7H2,1H3. The van der Waals surface area contributed by atoms with Crippen molar-refractivity contribution in [3.63, 3.8) is 0 Å². The van der Waals surface area contributed by atoms with Crippen LogP contribution in [-0.4, -0.2) is 30.7 Å². The topological polar surface area (TPSA) is 53.5 Å². The van der Waals surface area contributed by atoms with E-state index < -0.39 is 5.54 Å². The molecule has 0 aromatic carbocycles. The molecule has 2 fully saturated rings. The van der Waals surface area contributed by atoms with Gasteiger partial charge in [-0.3, -0.25) is 0 Å². The van der Waals surface area contributed by atoms with Gasteiger partial charge in [0.15, 0.2) is 0 Å². The van der Waals surface area contributed by atoms with Crippen LogP contribution in [-0.2, 0) is 0 Å². The molecule has 0 aliphatic carbocycles. The number of nitrogens with zero attached hydrogens (tertiary/aromatic N) is 1. The highest BCUT2D eigenvalue weighted by atomic mass is 16.3. The first-order valence-electron chi connectivity index (χ1n) is 5.58. The molecule has 2 N–H and O–H groups in total. The Morgan fingerprint density at radius 3 is 1.93 bits per heavy atom. The maximum atomic E-state index is 11.1. The highest BCUT2D eigenvalue weighted by Gasteiger charge is 2.45. The van der Waals surface area contributed by atoms with E-state index in [1.165, 1.54) is 12.8 Å². The van der Waals surface area contributed by atoms with Crippen LogP contribution in [0, 0.1) is 4.91 Å². The largest absolute Gasteiger partial charge is 0.311 e. The van der Waals surface area contributed by atoms with Crippen LogP contribution in [0.4, 0.5) is 0 Å². The quantitative estimate of drug-likeness (QED) is 0.664. The van der Waals surface area contributed by atoms with Crippen LogP contribution in [0.15, 0.2) is 5.18 Å². The van der Waals surface area contributed by atoms with Gasteiger partial charge < -0.3 is 10.6 Å². The van der Waals surface area contributed by atoms with Gasteiger partial charge >= 0.3 is 0 Å². The molecule has 2 unspecified atom stereocenters. The van der Waals surface area contributed by atoms with Crippen molar-refractivity contribution in [1.82, 2.24) is 10.6 Å². The zero-order chi connectivity index (χ0) is 10.0. The number of hydrogen-bond acceptors (Lipinski definition) is 4. The van der Waals surface area contributed by atoms with Gasteiger partial charge in [-0.15, -0.1) is 0 Å². The lowest BCUT2D eigenvalue weighted by molar-refractivity contribution is 0.271. The minimum absolute atomic E-state index is 0.274. The highest BCUT2D eigenvalue weighted by Crippen LogP contribution is 2.30. The molecule has 2 aliphatic heterocycles. The zero-order valence-corrected chi connectivity index (χ0v) is 8.75. The number of rotatable bonds is 3. The first-order valence-corrected chi connectivity index (χ1v) is 5.58. The van der Waals surface area contributed by atoms with Gasteiger partial charge in [0.25, 0.3) is 0 Å². The Morgan fingerprint density at radius 2 is 1.64 bits per heavy atom. The van der Waals surface area contributed by atoms with Crippen LogP contribution in [0.25, 0.3) is 0 Å². The minimum atomic E-state index is -0.451. The van der Waals surface area contributed by atoms with E-state index in [4.69, 9.17) is 0 Å². The fourth-order valence-electron chi connectivity index (χ4n) is 2.74. The summed E-state index contributed by atoms with van der Waals surface area (Å²) in [6.45, 7) is 4.05. The second-order valence-corrected chi connectivity index (χ2v) is 4.61. The molecule has 4 heteroatoms. The minimum Gasteiger partial charge on any atom is -0.311 e. The fraction of sp³-hybridized carbons (Fsp3) is 1.00. The molecule has 0 aromatic heterocycles. The van der Waals surface area contributed by atoms with Crippen molar-refractivity contribution in [2.24, 2.45) is 5.18 Å². The summed E-state index contributed by atoms with van der Waals surface area (Å²) in [5.74, 6) is 0. The predicted octanol–water partition coefficient (Wildman–Crippen LogP) is 1.02. The van der Waals surface area contributed by atoms with E-state index in [1.807, 2.05) is 6.92 Å². The molecular weight excluding hydrogens is 178 g/mol. The van der Waals surface area contributed by atoms with Gasteiger partial charge in [0.2, 0.25) is 0 Å². The van der Waals surface area contributed by atoms with Gasteiger partial charge in [-0.05, 0) is 45.7 Å². The molecular formula is C10H19N3O. The summed E-state index contributed by atoms with van der Waals surface area (Å²) in [6.07, 6.45) is 4.51. The second-order valence-electron chi connectivity index (χ2n) is 4.61. The van der Waals surface area contributed by atoms with Crippen LogP contribution in [0.1, 0.15) is 32.6 Å². The molecule has 2 heterocycles. The fourth-order valence-corrected chi connectivity index (χ4v) is 2.74.